The SMILES string of the molecule is CSCC[C@H]1COC(C)(C)N1C(=O)[C@H](NCC(C)C)[C@@](O)(c1ccc(Cl)cc1)C(F)(F)F. The number of thioether (sulfide) groups is 1. The highest BCUT2D eigenvalue weighted by Gasteiger charge is 2.63. The third-order valence-corrected chi connectivity index (χ3v) is 6.47. The van der Waals surface area contributed by atoms with Crippen molar-refractivity contribution in [2.45, 2.75) is 63.7 Å². The number of carbonyl (C=O) groups is 1. The Labute approximate surface area is 197 Å². The van der Waals surface area contributed by atoms with E-state index in [0.717, 1.165) is 17.9 Å². The number of amides is 1. The topological polar surface area (TPSA) is 61.8 Å². The summed E-state index contributed by atoms with van der Waals surface area (Å²) in [4.78, 5) is 15.1. The van der Waals surface area contributed by atoms with Crippen LogP contribution in [0.3, 0.4) is 0 Å². The Balaban J connectivity index is 2.59. The molecule has 10 heteroatoms. The van der Waals surface area contributed by atoms with Crippen LogP contribution in [0.25, 0.3) is 0 Å². The number of nitrogens with zero attached hydrogens (tertiary/aromatic N) is 1. The first-order valence-electron chi connectivity index (χ1n) is 10.5. The normalized spacial score (nSPS) is 21.6. The van der Waals surface area contributed by atoms with Crippen LogP contribution in [0.15, 0.2) is 24.3 Å². The highest BCUT2D eigenvalue weighted by atomic mass is 35.5. The summed E-state index contributed by atoms with van der Waals surface area (Å²) in [6, 6.07) is 2.37. The number of ether oxygens (including phenoxy) is 1. The molecule has 0 unspecified atom stereocenters. The molecule has 1 aliphatic rings. The molecule has 1 aliphatic heterocycles. The van der Waals surface area contributed by atoms with Crippen molar-refractivity contribution in [3.05, 3.63) is 34.9 Å². The first-order chi connectivity index (χ1) is 14.8. The van der Waals surface area contributed by atoms with Crippen LogP contribution in [0, 0.1) is 5.92 Å². The highest BCUT2D eigenvalue weighted by Crippen LogP contribution is 2.44. The lowest BCUT2D eigenvalue weighted by molar-refractivity contribution is -0.277. The van der Waals surface area contributed by atoms with E-state index in [4.69, 9.17) is 16.3 Å². The van der Waals surface area contributed by atoms with Gasteiger partial charge < -0.3 is 20.1 Å². The van der Waals surface area contributed by atoms with Crippen LogP contribution < -0.4 is 5.32 Å². The zero-order chi connectivity index (χ0) is 24.3. The van der Waals surface area contributed by atoms with Crippen molar-refractivity contribution in [1.82, 2.24) is 10.2 Å². The van der Waals surface area contributed by atoms with Crippen molar-refractivity contribution in [1.29, 1.82) is 0 Å². The fraction of sp³-hybridized carbons (Fsp3) is 0.682. The summed E-state index contributed by atoms with van der Waals surface area (Å²) in [5, 5.41) is 14.2. The maximum atomic E-state index is 14.5. The number of hydrogen-bond donors (Lipinski definition) is 2. The Kier molecular flexibility index (Phi) is 8.95. The van der Waals surface area contributed by atoms with Gasteiger partial charge in [-0.1, -0.05) is 37.6 Å². The third kappa shape index (κ3) is 5.73. The first-order valence-corrected chi connectivity index (χ1v) is 12.3. The van der Waals surface area contributed by atoms with E-state index in [1.807, 2.05) is 20.1 Å². The van der Waals surface area contributed by atoms with E-state index in [2.05, 4.69) is 5.32 Å². The number of alkyl halides is 3. The van der Waals surface area contributed by atoms with Crippen molar-refractivity contribution >= 4 is 29.3 Å². The minimum Gasteiger partial charge on any atom is -0.375 e. The molecule has 182 valence electrons. The van der Waals surface area contributed by atoms with Crippen LogP contribution in [0.1, 0.15) is 39.7 Å². The standard InChI is InChI=1S/C22H32ClF3N2O3S/c1-14(2)12-27-18(19(29)28-17(10-11-32-5)13-31-20(28,3)4)21(30,22(24,25)26)15-6-8-16(23)9-7-15/h6-9,14,17-18,27,30H,10-13H2,1-5H3/t17-,18-,21-/m0/s1. The molecular formula is C22H32ClF3N2O3S. The average Bonchev–Trinajstić information content (AvgIpc) is 2.99. The number of benzene rings is 1. The minimum absolute atomic E-state index is 0.0527. The molecule has 0 saturated carbocycles. The lowest BCUT2D eigenvalue weighted by Gasteiger charge is -2.43. The predicted octanol–water partition coefficient (Wildman–Crippen LogP) is 4.42. The van der Waals surface area contributed by atoms with Crippen molar-refractivity contribution in [3.8, 4) is 0 Å². The minimum atomic E-state index is -5.13. The second-order valence-electron chi connectivity index (χ2n) is 8.91. The van der Waals surface area contributed by atoms with Gasteiger partial charge in [0, 0.05) is 5.02 Å². The van der Waals surface area contributed by atoms with E-state index in [-0.39, 0.29) is 24.1 Å². The van der Waals surface area contributed by atoms with Gasteiger partial charge in [-0.15, -0.1) is 0 Å². The van der Waals surface area contributed by atoms with Crippen LogP contribution in [0.5, 0.6) is 0 Å². The van der Waals surface area contributed by atoms with Gasteiger partial charge in [0.2, 0.25) is 11.5 Å². The molecule has 0 spiro atoms. The number of hydrogen-bond acceptors (Lipinski definition) is 5. The van der Waals surface area contributed by atoms with Gasteiger partial charge in [-0.3, -0.25) is 4.79 Å². The zero-order valence-electron chi connectivity index (χ0n) is 19.0. The fourth-order valence-electron chi connectivity index (χ4n) is 3.90. The molecule has 0 aliphatic carbocycles. The molecule has 3 atom stereocenters. The summed E-state index contributed by atoms with van der Waals surface area (Å²) >= 11 is 7.44. The van der Waals surface area contributed by atoms with Gasteiger partial charge in [0.25, 0.3) is 0 Å². The smallest absolute Gasteiger partial charge is 0.375 e. The molecule has 2 rings (SSSR count). The first kappa shape index (κ1) is 27.2. The molecule has 1 saturated heterocycles. The van der Waals surface area contributed by atoms with Crippen LogP contribution in [0.2, 0.25) is 5.02 Å². The van der Waals surface area contributed by atoms with Gasteiger partial charge in [-0.25, -0.2) is 0 Å². The molecule has 0 bridgehead atoms. The molecule has 0 radical (unpaired) electrons. The van der Waals surface area contributed by atoms with Gasteiger partial charge in [0.05, 0.1) is 12.6 Å². The largest absolute Gasteiger partial charge is 0.423 e. The molecule has 0 aromatic heterocycles. The van der Waals surface area contributed by atoms with Gasteiger partial charge in [-0.2, -0.15) is 24.9 Å². The Morgan fingerprint density at radius 1 is 1.34 bits per heavy atom. The summed E-state index contributed by atoms with van der Waals surface area (Å²) < 4.78 is 49.2. The Hall–Kier alpha value is -1.00. The van der Waals surface area contributed by atoms with Crippen molar-refractivity contribution in [2.75, 3.05) is 25.2 Å². The monoisotopic (exact) mass is 496 g/mol. The number of halogens is 4. The van der Waals surface area contributed by atoms with E-state index < -0.39 is 41.1 Å². The molecule has 1 amide bonds. The maximum absolute atomic E-state index is 14.5. The average molecular weight is 497 g/mol. The third-order valence-electron chi connectivity index (χ3n) is 5.58. The predicted molar refractivity (Wildman–Crippen MR) is 122 cm³/mol. The van der Waals surface area contributed by atoms with Crippen LogP contribution in [-0.2, 0) is 15.1 Å². The van der Waals surface area contributed by atoms with E-state index in [1.165, 1.54) is 17.0 Å². The lowest BCUT2D eigenvalue weighted by atomic mass is 9.83. The summed E-state index contributed by atoms with van der Waals surface area (Å²) in [5.74, 6) is -0.184. The Morgan fingerprint density at radius 3 is 2.44 bits per heavy atom. The molecule has 5 nitrogen and oxygen atoms in total. The quantitative estimate of drug-likeness (QED) is 0.530. The molecule has 1 aromatic carbocycles. The molecular weight excluding hydrogens is 465 g/mol. The summed E-state index contributed by atoms with van der Waals surface area (Å²) in [6.07, 6.45) is -2.65. The van der Waals surface area contributed by atoms with E-state index in [0.29, 0.717) is 6.42 Å². The molecule has 1 fully saturated rings. The van der Waals surface area contributed by atoms with Crippen LogP contribution in [-0.4, -0.2) is 65.1 Å². The van der Waals surface area contributed by atoms with Crippen LogP contribution >= 0.6 is 23.4 Å². The van der Waals surface area contributed by atoms with Gasteiger partial charge >= 0.3 is 6.18 Å². The number of rotatable bonds is 9. The number of nitrogens with one attached hydrogen (secondary N) is 1. The molecule has 2 N–H and O–H groups in total. The van der Waals surface area contributed by atoms with E-state index in [9.17, 15) is 23.1 Å². The summed E-state index contributed by atoms with van der Waals surface area (Å²) in [6.45, 7) is 7.26. The Morgan fingerprint density at radius 2 is 1.94 bits per heavy atom. The van der Waals surface area contributed by atoms with Crippen molar-refractivity contribution in [2.24, 2.45) is 5.92 Å². The highest BCUT2D eigenvalue weighted by molar-refractivity contribution is 7.98. The second-order valence-corrected chi connectivity index (χ2v) is 10.3. The Bertz CT molecular complexity index is 777. The number of carbonyl (C=O) groups excluding carboxylic acids is 1. The van der Waals surface area contributed by atoms with Gasteiger partial charge in [-0.05, 0) is 62.4 Å². The molecule has 1 heterocycles. The summed E-state index contributed by atoms with van der Waals surface area (Å²) in [5.41, 5.74) is -5.03. The fourth-order valence-corrected chi connectivity index (χ4v) is 4.53. The van der Waals surface area contributed by atoms with Gasteiger partial charge in [0.1, 0.15) is 11.8 Å². The van der Waals surface area contributed by atoms with Crippen LogP contribution in [0.4, 0.5) is 13.2 Å². The second kappa shape index (κ2) is 10.5. The molecule has 32 heavy (non-hydrogen) atoms. The summed E-state index contributed by atoms with van der Waals surface area (Å²) in [7, 11) is 0. The lowest BCUT2D eigenvalue weighted by Crippen LogP contribution is -2.66. The zero-order valence-corrected chi connectivity index (χ0v) is 20.6. The van der Waals surface area contributed by atoms with Gasteiger partial charge in [0.15, 0.2) is 0 Å². The van der Waals surface area contributed by atoms with E-state index >= 15 is 0 Å². The van der Waals surface area contributed by atoms with E-state index in [1.54, 1.807) is 25.6 Å². The van der Waals surface area contributed by atoms with Crippen molar-refractivity contribution in [3.63, 3.8) is 0 Å². The van der Waals surface area contributed by atoms with Crippen molar-refractivity contribution < 1.29 is 27.8 Å². The molecule has 1 aromatic rings. The number of aliphatic hydroxyl groups is 1. The maximum Gasteiger partial charge on any atom is 0.423 e.